The lowest BCUT2D eigenvalue weighted by atomic mass is 10.2. The highest BCUT2D eigenvalue weighted by Crippen LogP contribution is 2.25. The van der Waals surface area contributed by atoms with Crippen molar-refractivity contribution in [2.75, 3.05) is 16.4 Å². The van der Waals surface area contributed by atoms with Gasteiger partial charge in [0.2, 0.25) is 11.8 Å². The van der Waals surface area contributed by atoms with Crippen LogP contribution in [0.3, 0.4) is 0 Å². The maximum atomic E-state index is 12.4. The molecule has 0 spiro atoms. The van der Waals surface area contributed by atoms with Crippen molar-refractivity contribution < 1.29 is 9.59 Å². The largest absolute Gasteiger partial charge is 0.332 e. The van der Waals surface area contributed by atoms with Crippen molar-refractivity contribution >= 4 is 46.1 Å². The molecule has 3 heterocycles. The van der Waals surface area contributed by atoms with E-state index in [1.165, 1.54) is 18.7 Å². The number of benzene rings is 1. The molecule has 2 N–H and O–H groups in total. The molecule has 32 heavy (non-hydrogen) atoms. The number of nitrogens with zero attached hydrogens (tertiary/aromatic N) is 6. The highest BCUT2D eigenvalue weighted by Gasteiger charge is 2.16. The Morgan fingerprint density at radius 3 is 2.47 bits per heavy atom. The summed E-state index contributed by atoms with van der Waals surface area (Å²) in [4.78, 5) is 32.1. The molecule has 11 heteroatoms. The Balaban J connectivity index is 1.43. The van der Waals surface area contributed by atoms with Crippen molar-refractivity contribution in [3.63, 3.8) is 0 Å². The second-order valence-electron chi connectivity index (χ2n) is 7.07. The molecule has 2 amide bonds. The average Bonchev–Trinajstić information content (AvgIpc) is 3.36. The van der Waals surface area contributed by atoms with Crippen molar-refractivity contribution in [2.24, 2.45) is 7.05 Å². The van der Waals surface area contributed by atoms with Crippen LogP contribution in [0.15, 0.2) is 48.0 Å². The van der Waals surface area contributed by atoms with Crippen LogP contribution in [0.2, 0.25) is 0 Å². The van der Waals surface area contributed by atoms with E-state index >= 15 is 0 Å². The number of nitrogens with one attached hydrogen (secondary N) is 2. The molecule has 10 nitrogen and oxygen atoms in total. The number of imidazole rings is 1. The number of anilines is 2. The fourth-order valence-corrected chi connectivity index (χ4v) is 3.99. The first kappa shape index (κ1) is 21.5. The molecule has 3 aromatic heterocycles. The summed E-state index contributed by atoms with van der Waals surface area (Å²) < 4.78 is 3.86. The molecule has 1 aromatic carbocycles. The molecule has 0 bridgehead atoms. The lowest BCUT2D eigenvalue weighted by Gasteiger charge is -2.08. The molecular formula is C21H22N8O2S. The predicted octanol–water partition coefficient (Wildman–Crippen LogP) is 2.94. The van der Waals surface area contributed by atoms with Crippen LogP contribution in [-0.4, -0.2) is 46.9 Å². The van der Waals surface area contributed by atoms with Crippen molar-refractivity contribution in [3.05, 3.63) is 42.9 Å². The summed E-state index contributed by atoms with van der Waals surface area (Å²) in [6, 6.07) is 8.93. The Morgan fingerprint density at radius 2 is 1.78 bits per heavy atom. The number of thioether (sulfide) groups is 1. The minimum Gasteiger partial charge on any atom is -0.332 e. The highest BCUT2D eigenvalue weighted by molar-refractivity contribution is 7.99. The van der Waals surface area contributed by atoms with Gasteiger partial charge in [-0.25, -0.2) is 9.97 Å². The van der Waals surface area contributed by atoms with Crippen LogP contribution in [0.4, 0.5) is 11.4 Å². The monoisotopic (exact) mass is 450 g/mol. The molecule has 0 saturated heterocycles. The van der Waals surface area contributed by atoms with Crippen LogP contribution in [0, 0.1) is 0 Å². The second kappa shape index (κ2) is 9.18. The first-order chi connectivity index (χ1) is 15.4. The molecule has 0 radical (unpaired) electrons. The van der Waals surface area contributed by atoms with Crippen molar-refractivity contribution in [2.45, 2.75) is 25.5 Å². The number of hydrogen-bond acceptors (Lipinski definition) is 7. The summed E-state index contributed by atoms with van der Waals surface area (Å²) in [5.41, 5.74) is 3.75. The van der Waals surface area contributed by atoms with E-state index in [1.54, 1.807) is 36.8 Å². The Bertz CT molecular complexity index is 1280. The van der Waals surface area contributed by atoms with Crippen LogP contribution >= 0.6 is 11.8 Å². The lowest BCUT2D eigenvalue weighted by Crippen LogP contribution is -2.14. The zero-order valence-corrected chi connectivity index (χ0v) is 18.7. The van der Waals surface area contributed by atoms with Gasteiger partial charge in [-0.1, -0.05) is 11.8 Å². The van der Waals surface area contributed by atoms with E-state index in [4.69, 9.17) is 0 Å². The first-order valence-corrected chi connectivity index (χ1v) is 10.9. The van der Waals surface area contributed by atoms with E-state index < -0.39 is 0 Å². The van der Waals surface area contributed by atoms with E-state index in [9.17, 15) is 9.59 Å². The molecule has 0 aliphatic heterocycles. The highest BCUT2D eigenvalue weighted by atomic mass is 32.2. The molecule has 0 saturated carbocycles. The van der Waals surface area contributed by atoms with Crippen LogP contribution in [-0.2, 0) is 23.2 Å². The molecular weight excluding hydrogens is 428 g/mol. The standard InChI is InChI=1S/C21H22N8O2S/c1-4-29-20(14-9-17-19(22-10-14)23-12-28(17)3)26-27-21(29)32-11-18(31)25-16-7-5-15(6-8-16)24-13(2)30/h5-10,12H,4,11H2,1-3H3,(H,24,30)(H,25,31). The SMILES string of the molecule is CCn1c(SCC(=O)Nc2ccc(NC(C)=O)cc2)nnc1-c1cnc2ncn(C)c2c1. The molecule has 0 aliphatic rings. The van der Waals surface area contributed by atoms with Gasteiger partial charge in [0.05, 0.1) is 17.6 Å². The van der Waals surface area contributed by atoms with Crippen LogP contribution in [0.1, 0.15) is 13.8 Å². The molecule has 0 aliphatic carbocycles. The number of fused-ring (bicyclic) bond motifs is 1. The molecule has 0 fully saturated rings. The Kier molecular flexibility index (Phi) is 6.17. The van der Waals surface area contributed by atoms with Crippen molar-refractivity contribution in [1.29, 1.82) is 0 Å². The Morgan fingerprint density at radius 1 is 1.06 bits per heavy atom. The third-order valence-electron chi connectivity index (χ3n) is 4.69. The number of amides is 2. The van der Waals surface area contributed by atoms with Gasteiger partial charge < -0.3 is 19.8 Å². The van der Waals surface area contributed by atoms with Gasteiger partial charge in [-0.2, -0.15) is 0 Å². The number of aryl methyl sites for hydroxylation is 1. The van der Waals surface area contributed by atoms with Gasteiger partial charge in [0.25, 0.3) is 0 Å². The zero-order valence-electron chi connectivity index (χ0n) is 17.9. The summed E-state index contributed by atoms with van der Waals surface area (Å²) in [7, 11) is 1.92. The van der Waals surface area contributed by atoms with E-state index in [2.05, 4.69) is 30.8 Å². The normalized spacial score (nSPS) is 11.0. The van der Waals surface area contributed by atoms with Gasteiger partial charge in [-0.15, -0.1) is 10.2 Å². The third-order valence-corrected chi connectivity index (χ3v) is 5.66. The fourth-order valence-electron chi connectivity index (χ4n) is 3.19. The number of carbonyl (C=O) groups excluding carboxylic acids is 2. The first-order valence-electron chi connectivity index (χ1n) is 9.95. The van der Waals surface area contributed by atoms with Crippen molar-refractivity contribution in [3.8, 4) is 11.4 Å². The Labute approximate surface area is 188 Å². The van der Waals surface area contributed by atoms with E-state index in [-0.39, 0.29) is 17.6 Å². The summed E-state index contributed by atoms with van der Waals surface area (Å²) in [6.07, 6.45) is 3.45. The topological polar surface area (TPSA) is 120 Å². The maximum absolute atomic E-state index is 12.4. The summed E-state index contributed by atoms with van der Waals surface area (Å²) >= 11 is 1.32. The van der Waals surface area contributed by atoms with Crippen LogP contribution in [0.5, 0.6) is 0 Å². The average molecular weight is 451 g/mol. The van der Waals surface area contributed by atoms with Crippen LogP contribution in [0.25, 0.3) is 22.6 Å². The lowest BCUT2D eigenvalue weighted by molar-refractivity contribution is -0.114. The van der Waals surface area contributed by atoms with Gasteiger partial charge in [0.1, 0.15) is 0 Å². The molecule has 4 aromatic rings. The van der Waals surface area contributed by atoms with E-state index in [0.29, 0.717) is 34.5 Å². The van der Waals surface area contributed by atoms with Crippen LogP contribution < -0.4 is 10.6 Å². The Hall–Kier alpha value is -3.73. The summed E-state index contributed by atoms with van der Waals surface area (Å²) in [5.74, 6) is 0.575. The van der Waals surface area contributed by atoms with Gasteiger partial charge >= 0.3 is 0 Å². The van der Waals surface area contributed by atoms with Gasteiger partial charge in [0, 0.05) is 43.7 Å². The molecule has 0 atom stereocenters. The smallest absolute Gasteiger partial charge is 0.234 e. The minimum absolute atomic E-state index is 0.145. The van der Waals surface area contributed by atoms with Crippen molar-refractivity contribution in [1.82, 2.24) is 29.3 Å². The quantitative estimate of drug-likeness (QED) is 0.415. The molecule has 164 valence electrons. The number of rotatable bonds is 7. The predicted molar refractivity (Wildman–Crippen MR) is 123 cm³/mol. The third kappa shape index (κ3) is 4.62. The number of aromatic nitrogens is 6. The minimum atomic E-state index is -0.160. The van der Waals surface area contributed by atoms with Gasteiger partial charge in [-0.05, 0) is 37.3 Å². The van der Waals surface area contributed by atoms with E-state index in [1.807, 2.05) is 29.2 Å². The molecule has 4 rings (SSSR count). The van der Waals surface area contributed by atoms with Gasteiger partial charge in [0.15, 0.2) is 16.6 Å². The number of carbonyl (C=O) groups is 2. The number of pyridine rings is 1. The van der Waals surface area contributed by atoms with Gasteiger partial charge in [-0.3, -0.25) is 9.59 Å². The molecule has 0 unspecified atom stereocenters. The zero-order chi connectivity index (χ0) is 22.7. The van der Waals surface area contributed by atoms with E-state index in [0.717, 1.165) is 11.1 Å². The summed E-state index contributed by atoms with van der Waals surface area (Å²) in [6.45, 7) is 4.10. The maximum Gasteiger partial charge on any atom is 0.234 e. The summed E-state index contributed by atoms with van der Waals surface area (Å²) in [5, 5.41) is 14.8. The fraction of sp³-hybridized carbons (Fsp3) is 0.238. The number of hydrogen-bond donors (Lipinski definition) is 2. The second-order valence-corrected chi connectivity index (χ2v) is 8.01.